The van der Waals surface area contributed by atoms with Crippen LogP contribution in [0, 0.1) is 12.8 Å². The molecule has 1 aromatic heterocycles. The van der Waals surface area contributed by atoms with Crippen molar-refractivity contribution >= 4 is 16.5 Å². The van der Waals surface area contributed by atoms with Crippen molar-refractivity contribution in [3.63, 3.8) is 0 Å². The maximum atomic E-state index is 12.3. The second-order valence-corrected chi connectivity index (χ2v) is 6.69. The summed E-state index contributed by atoms with van der Waals surface area (Å²) in [6.07, 6.45) is 3.32. The first-order valence-corrected chi connectivity index (χ1v) is 8.09. The fourth-order valence-electron chi connectivity index (χ4n) is 1.91. The van der Waals surface area contributed by atoms with Crippen molar-refractivity contribution in [1.82, 2.24) is 9.97 Å². The summed E-state index contributed by atoms with van der Waals surface area (Å²) in [5.41, 5.74) is 3.30. The van der Waals surface area contributed by atoms with Gasteiger partial charge in [-0.3, -0.25) is 4.21 Å². The van der Waals surface area contributed by atoms with E-state index in [4.69, 9.17) is 0 Å². The number of aromatic nitrogens is 2. The predicted octanol–water partition coefficient (Wildman–Crippen LogP) is 3.09. The van der Waals surface area contributed by atoms with Gasteiger partial charge in [-0.15, -0.1) is 0 Å². The number of aryl methyl sites for hydroxylation is 1. The summed E-state index contributed by atoms with van der Waals surface area (Å²) in [6, 6.07) is 6.22. The summed E-state index contributed by atoms with van der Waals surface area (Å²) < 4.78 is 12.3. The van der Waals surface area contributed by atoms with Gasteiger partial charge in [0.2, 0.25) is 0 Å². The van der Waals surface area contributed by atoms with Crippen molar-refractivity contribution in [2.75, 3.05) is 11.9 Å². The van der Waals surface area contributed by atoms with Gasteiger partial charge in [0, 0.05) is 24.6 Å². The molecule has 0 aliphatic carbocycles. The van der Waals surface area contributed by atoms with Gasteiger partial charge in [-0.1, -0.05) is 31.5 Å². The minimum atomic E-state index is -1.14. The third-order valence-corrected chi connectivity index (χ3v) is 4.16. The van der Waals surface area contributed by atoms with Crippen LogP contribution in [0.25, 0.3) is 0 Å². The van der Waals surface area contributed by atoms with Crippen LogP contribution in [0.5, 0.6) is 0 Å². The summed E-state index contributed by atoms with van der Waals surface area (Å²) in [6.45, 7) is 7.29. The van der Waals surface area contributed by atoms with Crippen LogP contribution in [-0.4, -0.2) is 20.7 Å². The molecule has 20 heavy (non-hydrogen) atoms. The van der Waals surface area contributed by atoms with E-state index in [-0.39, 0.29) is 0 Å². The molecule has 1 unspecified atom stereocenters. The number of nitrogens with one attached hydrogen (secondary N) is 2. The number of hydrogen-bond acceptors (Lipinski definition) is 3. The van der Waals surface area contributed by atoms with Gasteiger partial charge in [0.15, 0.2) is 5.16 Å². The highest BCUT2D eigenvalue weighted by atomic mass is 32.2. The topological polar surface area (TPSA) is 57.8 Å². The van der Waals surface area contributed by atoms with Crippen molar-refractivity contribution in [3.05, 3.63) is 41.7 Å². The second-order valence-electron chi connectivity index (χ2n) is 5.32. The van der Waals surface area contributed by atoms with Gasteiger partial charge in [-0.25, -0.2) is 4.98 Å². The minimum absolute atomic E-state index is 0.468. The Balaban J connectivity index is 2.16. The third-order valence-electron chi connectivity index (χ3n) is 2.94. The van der Waals surface area contributed by atoms with Gasteiger partial charge in [-0.05, 0) is 24.5 Å². The summed E-state index contributed by atoms with van der Waals surface area (Å²) in [5, 5.41) is 3.95. The molecule has 1 heterocycles. The molecule has 0 spiro atoms. The molecule has 5 heteroatoms. The molecule has 0 saturated carbocycles. The molecule has 2 rings (SSSR count). The first kappa shape index (κ1) is 14.8. The summed E-state index contributed by atoms with van der Waals surface area (Å²) in [7, 11) is -1.14. The molecule has 0 fully saturated rings. The zero-order valence-corrected chi connectivity index (χ0v) is 13.0. The van der Waals surface area contributed by atoms with Crippen molar-refractivity contribution in [1.29, 1.82) is 0 Å². The molecule has 0 aliphatic rings. The molecule has 0 amide bonds. The quantitative estimate of drug-likeness (QED) is 0.860. The first-order valence-electron chi connectivity index (χ1n) is 6.77. The molecule has 0 aliphatic heterocycles. The third kappa shape index (κ3) is 3.93. The van der Waals surface area contributed by atoms with Gasteiger partial charge in [0.05, 0.1) is 16.6 Å². The molecule has 2 N–H and O–H groups in total. The Labute approximate surface area is 122 Å². The van der Waals surface area contributed by atoms with E-state index in [1.165, 1.54) is 5.56 Å². The first-order chi connectivity index (χ1) is 9.56. The highest BCUT2D eigenvalue weighted by Crippen LogP contribution is 2.21. The zero-order valence-electron chi connectivity index (χ0n) is 12.1. The van der Waals surface area contributed by atoms with E-state index in [1.54, 1.807) is 12.4 Å². The summed E-state index contributed by atoms with van der Waals surface area (Å²) >= 11 is 0. The highest BCUT2D eigenvalue weighted by molar-refractivity contribution is 7.84. The Kier molecular flexibility index (Phi) is 4.95. The smallest absolute Gasteiger partial charge is 0.196 e. The Morgan fingerprint density at radius 2 is 2.20 bits per heavy atom. The molecule has 0 radical (unpaired) electrons. The molecular weight excluding hydrogens is 270 g/mol. The molecule has 2 aromatic rings. The maximum absolute atomic E-state index is 12.3. The van der Waals surface area contributed by atoms with E-state index in [0.717, 1.165) is 17.8 Å². The average molecular weight is 291 g/mol. The Bertz CT molecular complexity index is 579. The van der Waals surface area contributed by atoms with Crippen molar-refractivity contribution in [2.45, 2.75) is 31.7 Å². The van der Waals surface area contributed by atoms with Crippen LogP contribution in [0.1, 0.15) is 25.0 Å². The SMILES string of the molecule is Cc1ccc(NCC(C)C)c(CS(=O)c2ncc[nH]2)c1. The van der Waals surface area contributed by atoms with E-state index in [0.29, 0.717) is 16.8 Å². The normalized spacial score (nSPS) is 12.6. The number of imidazole rings is 1. The average Bonchev–Trinajstić information content (AvgIpc) is 2.91. The maximum Gasteiger partial charge on any atom is 0.196 e. The Morgan fingerprint density at radius 3 is 2.85 bits per heavy atom. The van der Waals surface area contributed by atoms with Crippen LogP contribution >= 0.6 is 0 Å². The van der Waals surface area contributed by atoms with Crippen LogP contribution in [-0.2, 0) is 16.6 Å². The monoisotopic (exact) mass is 291 g/mol. The van der Waals surface area contributed by atoms with E-state index in [9.17, 15) is 4.21 Å². The van der Waals surface area contributed by atoms with Crippen molar-refractivity contribution < 1.29 is 4.21 Å². The lowest BCUT2D eigenvalue weighted by atomic mass is 10.1. The number of nitrogens with zero attached hydrogens (tertiary/aromatic N) is 1. The molecule has 4 nitrogen and oxygen atoms in total. The van der Waals surface area contributed by atoms with Crippen LogP contribution in [0.15, 0.2) is 35.7 Å². The molecule has 108 valence electrons. The van der Waals surface area contributed by atoms with Crippen LogP contribution in [0.2, 0.25) is 0 Å². The van der Waals surface area contributed by atoms with E-state index >= 15 is 0 Å². The standard InChI is InChI=1S/C15H21N3OS/c1-11(2)9-18-14-5-4-12(3)8-13(14)10-20(19)15-16-6-7-17-15/h4-8,11,18H,9-10H2,1-3H3,(H,16,17). The summed E-state index contributed by atoms with van der Waals surface area (Å²) in [4.78, 5) is 6.97. The molecular formula is C15H21N3OS. The number of rotatable bonds is 6. The van der Waals surface area contributed by atoms with Gasteiger partial charge in [0.1, 0.15) is 0 Å². The number of H-pyrrole nitrogens is 1. The van der Waals surface area contributed by atoms with Crippen molar-refractivity contribution in [2.24, 2.45) is 5.92 Å². The fraction of sp³-hybridized carbons (Fsp3) is 0.400. The van der Waals surface area contributed by atoms with E-state index in [2.05, 4.69) is 47.3 Å². The number of aromatic amines is 1. The number of benzene rings is 1. The lowest BCUT2D eigenvalue weighted by molar-refractivity contribution is 0.676. The highest BCUT2D eigenvalue weighted by Gasteiger charge is 2.11. The van der Waals surface area contributed by atoms with Gasteiger partial charge < -0.3 is 10.3 Å². The largest absolute Gasteiger partial charge is 0.385 e. The molecule has 0 saturated heterocycles. The lowest BCUT2D eigenvalue weighted by Crippen LogP contribution is -2.10. The van der Waals surface area contributed by atoms with Crippen molar-refractivity contribution in [3.8, 4) is 0 Å². The Morgan fingerprint density at radius 1 is 1.40 bits per heavy atom. The fourth-order valence-corrected chi connectivity index (χ4v) is 2.95. The van der Waals surface area contributed by atoms with Crippen LogP contribution in [0.4, 0.5) is 5.69 Å². The van der Waals surface area contributed by atoms with E-state index < -0.39 is 10.8 Å². The van der Waals surface area contributed by atoms with E-state index in [1.807, 2.05) is 6.92 Å². The van der Waals surface area contributed by atoms with Gasteiger partial charge >= 0.3 is 0 Å². The van der Waals surface area contributed by atoms with Gasteiger partial charge in [-0.2, -0.15) is 0 Å². The van der Waals surface area contributed by atoms with Gasteiger partial charge in [0.25, 0.3) is 0 Å². The Hall–Kier alpha value is -1.62. The summed E-state index contributed by atoms with van der Waals surface area (Å²) in [5.74, 6) is 1.04. The number of anilines is 1. The molecule has 1 aromatic carbocycles. The second kappa shape index (κ2) is 6.70. The zero-order chi connectivity index (χ0) is 14.5. The van der Waals surface area contributed by atoms with Crippen LogP contribution in [0.3, 0.4) is 0 Å². The number of hydrogen-bond donors (Lipinski definition) is 2. The molecule has 0 bridgehead atoms. The van der Waals surface area contributed by atoms with Crippen LogP contribution < -0.4 is 5.32 Å². The predicted molar refractivity (Wildman–Crippen MR) is 83.2 cm³/mol. The lowest BCUT2D eigenvalue weighted by Gasteiger charge is -2.14. The molecule has 1 atom stereocenters. The minimum Gasteiger partial charge on any atom is -0.385 e.